The molecule has 0 aliphatic carbocycles. The molecule has 0 bridgehead atoms. The highest BCUT2D eigenvalue weighted by molar-refractivity contribution is 6.00. The standard InChI is InChI=1S/C17H19NO5/c1-4-20-16(19)14-15(12-7-5-6-8-13(12)18-14)21-9-11-10-22-17(2,3)23-11/h5-8,10,18H,4,9H2,1-3H3. The van der Waals surface area contributed by atoms with Crippen LogP contribution in [0.4, 0.5) is 0 Å². The molecule has 0 atom stereocenters. The maximum Gasteiger partial charge on any atom is 0.358 e. The van der Waals surface area contributed by atoms with Gasteiger partial charge >= 0.3 is 5.97 Å². The summed E-state index contributed by atoms with van der Waals surface area (Å²) in [5.74, 6) is -0.122. The monoisotopic (exact) mass is 317 g/mol. The molecule has 1 N–H and O–H groups in total. The van der Waals surface area contributed by atoms with Gasteiger partial charge in [0.15, 0.2) is 17.2 Å². The third-order valence-corrected chi connectivity index (χ3v) is 3.35. The van der Waals surface area contributed by atoms with Crippen LogP contribution in [0, 0.1) is 0 Å². The van der Waals surface area contributed by atoms with Gasteiger partial charge in [-0.05, 0) is 19.1 Å². The molecule has 122 valence electrons. The highest BCUT2D eigenvalue weighted by atomic mass is 16.7. The average molecular weight is 317 g/mol. The van der Waals surface area contributed by atoms with Crippen LogP contribution in [-0.2, 0) is 14.2 Å². The maximum atomic E-state index is 12.1. The summed E-state index contributed by atoms with van der Waals surface area (Å²) < 4.78 is 21.9. The largest absolute Gasteiger partial charge is 0.482 e. The zero-order valence-electron chi connectivity index (χ0n) is 13.3. The van der Waals surface area contributed by atoms with Crippen molar-refractivity contribution in [2.75, 3.05) is 13.2 Å². The van der Waals surface area contributed by atoms with Crippen molar-refractivity contribution in [2.45, 2.75) is 26.6 Å². The lowest BCUT2D eigenvalue weighted by Crippen LogP contribution is -2.21. The number of carbonyl (C=O) groups is 1. The Hall–Kier alpha value is -2.63. The first-order chi connectivity index (χ1) is 11.0. The molecule has 1 aliphatic rings. The summed E-state index contributed by atoms with van der Waals surface area (Å²) in [6.45, 7) is 5.85. The lowest BCUT2D eigenvalue weighted by molar-refractivity contribution is -0.119. The predicted molar refractivity (Wildman–Crippen MR) is 84.1 cm³/mol. The molecule has 1 aromatic carbocycles. The van der Waals surface area contributed by atoms with E-state index in [0.29, 0.717) is 23.8 Å². The molecule has 2 aromatic rings. The highest BCUT2D eigenvalue weighted by Gasteiger charge is 2.28. The molecule has 1 aliphatic heterocycles. The first-order valence-electron chi connectivity index (χ1n) is 7.46. The van der Waals surface area contributed by atoms with E-state index in [2.05, 4.69) is 4.98 Å². The van der Waals surface area contributed by atoms with Crippen LogP contribution >= 0.6 is 0 Å². The van der Waals surface area contributed by atoms with Crippen molar-refractivity contribution in [3.8, 4) is 5.75 Å². The third kappa shape index (κ3) is 3.11. The van der Waals surface area contributed by atoms with Gasteiger partial charge < -0.3 is 23.9 Å². The number of fused-ring (bicyclic) bond motifs is 1. The number of rotatable bonds is 5. The summed E-state index contributed by atoms with van der Waals surface area (Å²) in [6, 6.07) is 7.53. The van der Waals surface area contributed by atoms with Crippen LogP contribution in [-0.4, -0.2) is 30.0 Å². The zero-order chi connectivity index (χ0) is 16.4. The molecule has 0 saturated heterocycles. The van der Waals surface area contributed by atoms with Crippen molar-refractivity contribution < 1.29 is 23.7 Å². The minimum atomic E-state index is -0.692. The molecular formula is C17H19NO5. The van der Waals surface area contributed by atoms with E-state index in [4.69, 9.17) is 18.9 Å². The number of nitrogens with one attached hydrogen (secondary N) is 1. The molecule has 0 spiro atoms. The van der Waals surface area contributed by atoms with E-state index in [9.17, 15) is 4.79 Å². The summed E-state index contributed by atoms with van der Waals surface area (Å²) >= 11 is 0. The molecule has 6 nitrogen and oxygen atoms in total. The van der Waals surface area contributed by atoms with Crippen molar-refractivity contribution in [3.63, 3.8) is 0 Å². The first-order valence-corrected chi connectivity index (χ1v) is 7.46. The second kappa shape index (κ2) is 5.87. The number of hydrogen-bond acceptors (Lipinski definition) is 5. The minimum Gasteiger partial charge on any atom is -0.482 e. The Kier molecular flexibility index (Phi) is 3.90. The number of esters is 1. The van der Waals surface area contributed by atoms with Gasteiger partial charge in [-0.3, -0.25) is 0 Å². The summed E-state index contributed by atoms with van der Waals surface area (Å²) in [7, 11) is 0. The van der Waals surface area contributed by atoms with Crippen LogP contribution in [0.3, 0.4) is 0 Å². The summed E-state index contributed by atoms with van der Waals surface area (Å²) in [5.41, 5.74) is 1.11. The number of hydrogen-bond donors (Lipinski definition) is 1. The quantitative estimate of drug-likeness (QED) is 0.856. The van der Waals surface area contributed by atoms with E-state index in [0.717, 1.165) is 10.9 Å². The summed E-state index contributed by atoms with van der Waals surface area (Å²) in [5, 5.41) is 0.814. The number of aromatic amines is 1. The summed E-state index contributed by atoms with van der Waals surface area (Å²) in [4.78, 5) is 15.2. The Morgan fingerprint density at radius 2 is 2.09 bits per heavy atom. The third-order valence-electron chi connectivity index (χ3n) is 3.35. The molecule has 0 amide bonds. The van der Waals surface area contributed by atoms with Crippen molar-refractivity contribution in [1.29, 1.82) is 0 Å². The number of H-pyrrole nitrogens is 1. The van der Waals surface area contributed by atoms with Crippen molar-refractivity contribution >= 4 is 16.9 Å². The topological polar surface area (TPSA) is 69.8 Å². The second-order valence-electron chi connectivity index (χ2n) is 5.59. The fraction of sp³-hybridized carbons (Fsp3) is 0.353. The molecule has 0 fully saturated rings. The van der Waals surface area contributed by atoms with E-state index in [1.54, 1.807) is 6.92 Å². The second-order valence-corrected chi connectivity index (χ2v) is 5.59. The Labute approximate surface area is 134 Å². The van der Waals surface area contributed by atoms with E-state index in [-0.39, 0.29) is 6.61 Å². The van der Waals surface area contributed by atoms with Gasteiger partial charge in [-0.2, -0.15) is 0 Å². The van der Waals surface area contributed by atoms with Gasteiger partial charge in [0.1, 0.15) is 12.9 Å². The minimum absolute atomic E-state index is 0.164. The molecule has 0 saturated carbocycles. The summed E-state index contributed by atoms with van der Waals surface area (Å²) in [6.07, 6.45) is 1.53. The highest BCUT2D eigenvalue weighted by Crippen LogP contribution is 2.32. The van der Waals surface area contributed by atoms with E-state index >= 15 is 0 Å². The predicted octanol–water partition coefficient (Wildman–Crippen LogP) is 3.35. The number of carbonyl (C=O) groups excluding carboxylic acids is 1. The molecular weight excluding hydrogens is 298 g/mol. The fourth-order valence-corrected chi connectivity index (χ4v) is 2.39. The Morgan fingerprint density at radius 3 is 2.78 bits per heavy atom. The lowest BCUT2D eigenvalue weighted by Gasteiger charge is -2.18. The smallest absolute Gasteiger partial charge is 0.358 e. The van der Waals surface area contributed by atoms with Gasteiger partial charge in [0.2, 0.25) is 5.79 Å². The normalized spacial score (nSPS) is 15.7. The number of aromatic nitrogens is 1. The van der Waals surface area contributed by atoms with Crippen LogP contribution in [0.2, 0.25) is 0 Å². The fourth-order valence-electron chi connectivity index (χ4n) is 2.39. The van der Waals surface area contributed by atoms with Crippen LogP contribution in [0.1, 0.15) is 31.3 Å². The maximum absolute atomic E-state index is 12.1. The van der Waals surface area contributed by atoms with E-state index < -0.39 is 11.8 Å². The van der Waals surface area contributed by atoms with Gasteiger partial charge in [0.05, 0.1) is 6.61 Å². The SMILES string of the molecule is CCOC(=O)c1[nH]c2ccccc2c1OCC1=COC(C)(C)O1. The van der Waals surface area contributed by atoms with E-state index in [1.165, 1.54) is 6.26 Å². The van der Waals surface area contributed by atoms with Gasteiger partial charge in [0.25, 0.3) is 0 Å². The van der Waals surface area contributed by atoms with Crippen LogP contribution < -0.4 is 4.74 Å². The molecule has 0 radical (unpaired) electrons. The first kappa shape index (κ1) is 15.3. The Morgan fingerprint density at radius 1 is 1.30 bits per heavy atom. The Balaban J connectivity index is 1.86. The van der Waals surface area contributed by atoms with Gasteiger partial charge in [-0.25, -0.2) is 4.79 Å². The Bertz CT molecular complexity index is 759. The van der Waals surface area contributed by atoms with Gasteiger partial charge in [0, 0.05) is 24.8 Å². The van der Waals surface area contributed by atoms with Crippen LogP contribution in [0.25, 0.3) is 10.9 Å². The number of benzene rings is 1. The molecule has 2 heterocycles. The molecule has 1 aromatic heterocycles. The van der Waals surface area contributed by atoms with Crippen molar-refractivity contribution in [2.24, 2.45) is 0 Å². The van der Waals surface area contributed by atoms with Gasteiger partial charge in [-0.1, -0.05) is 12.1 Å². The molecule has 0 unspecified atom stereocenters. The number of para-hydroxylation sites is 1. The van der Waals surface area contributed by atoms with E-state index in [1.807, 2.05) is 38.1 Å². The van der Waals surface area contributed by atoms with Crippen molar-refractivity contribution in [1.82, 2.24) is 4.98 Å². The number of ether oxygens (including phenoxy) is 4. The molecule has 23 heavy (non-hydrogen) atoms. The molecule has 6 heteroatoms. The van der Waals surface area contributed by atoms with Crippen LogP contribution in [0.15, 0.2) is 36.3 Å². The zero-order valence-corrected chi connectivity index (χ0v) is 13.3. The van der Waals surface area contributed by atoms with Crippen LogP contribution in [0.5, 0.6) is 5.75 Å². The van der Waals surface area contributed by atoms with Crippen molar-refractivity contribution in [3.05, 3.63) is 42.0 Å². The lowest BCUT2D eigenvalue weighted by atomic mass is 10.2. The average Bonchev–Trinajstić information content (AvgIpc) is 3.05. The van der Waals surface area contributed by atoms with Gasteiger partial charge in [-0.15, -0.1) is 0 Å². The molecule has 3 rings (SSSR count).